The summed E-state index contributed by atoms with van der Waals surface area (Å²) >= 11 is 5.74. The first-order chi connectivity index (χ1) is 8.33. The van der Waals surface area contributed by atoms with Gasteiger partial charge in [0.25, 0.3) is 10.1 Å². The first-order valence-corrected chi connectivity index (χ1v) is 7.20. The van der Waals surface area contributed by atoms with Gasteiger partial charge in [-0.05, 0) is 17.7 Å². The largest absolute Gasteiger partial charge is 0.468 e. The van der Waals surface area contributed by atoms with Gasteiger partial charge >= 0.3 is 5.97 Å². The Morgan fingerprint density at radius 2 is 1.89 bits per heavy atom. The van der Waals surface area contributed by atoms with Gasteiger partial charge in [0, 0.05) is 5.02 Å². The average Bonchev–Trinajstić information content (AvgIpc) is 2.29. The standard InChI is InChI=1S/C11H13ClO5S/c1-16-11(13)10(7-17-18(2,14)15)8-3-5-9(12)6-4-8/h3-6,10H,7H2,1-2H3. The molecule has 7 heteroatoms. The maximum absolute atomic E-state index is 11.6. The van der Waals surface area contributed by atoms with Crippen molar-refractivity contribution in [2.75, 3.05) is 20.0 Å². The Kier molecular flexibility index (Phi) is 5.13. The van der Waals surface area contributed by atoms with Gasteiger partial charge in [-0.2, -0.15) is 8.42 Å². The van der Waals surface area contributed by atoms with E-state index in [0.29, 0.717) is 10.6 Å². The van der Waals surface area contributed by atoms with Gasteiger partial charge in [-0.1, -0.05) is 23.7 Å². The van der Waals surface area contributed by atoms with Crippen molar-refractivity contribution in [2.24, 2.45) is 0 Å². The van der Waals surface area contributed by atoms with Gasteiger partial charge in [-0.15, -0.1) is 0 Å². The predicted molar refractivity (Wildman–Crippen MR) is 67.0 cm³/mol. The molecule has 0 spiro atoms. The summed E-state index contributed by atoms with van der Waals surface area (Å²) < 4.78 is 31.1. The molecule has 1 aromatic carbocycles. The van der Waals surface area contributed by atoms with Crippen LogP contribution >= 0.6 is 11.6 Å². The van der Waals surface area contributed by atoms with Crippen molar-refractivity contribution < 1.29 is 22.1 Å². The first kappa shape index (κ1) is 14.9. The lowest BCUT2D eigenvalue weighted by Gasteiger charge is -2.14. The van der Waals surface area contributed by atoms with E-state index in [1.807, 2.05) is 0 Å². The summed E-state index contributed by atoms with van der Waals surface area (Å²) in [5.74, 6) is -1.37. The number of hydrogen-bond donors (Lipinski definition) is 0. The molecule has 0 bridgehead atoms. The lowest BCUT2D eigenvalue weighted by Crippen LogP contribution is -2.21. The van der Waals surface area contributed by atoms with Crippen LogP contribution in [0.15, 0.2) is 24.3 Å². The first-order valence-electron chi connectivity index (χ1n) is 5.01. The summed E-state index contributed by atoms with van der Waals surface area (Å²) in [5, 5.41) is 0.520. The van der Waals surface area contributed by atoms with Crippen molar-refractivity contribution in [2.45, 2.75) is 5.92 Å². The van der Waals surface area contributed by atoms with E-state index in [1.165, 1.54) is 7.11 Å². The molecule has 0 heterocycles. The highest BCUT2D eigenvalue weighted by molar-refractivity contribution is 7.85. The van der Waals surface area contributed by atoms with Crippen molar-refractivity contribution in [3.05, 3.63) is 34.9 Å². The second-order valence-corrected chi connectivity index (χ2v) is 5.70. The molecule has 0 N–H and O–H groups in total. The van der Waals surface area contributed by atoms with Crippen LogP contribution in [0.25, 0.3) is 0 Å². The molecular weight excluding hydrogens is 280 g/mol. The molecule has 5 nitrogen and oxygen atoms in total. The van der Waals surface area contributed by atoms with Gasteiger partial charge < -0.3 is 4.74 Å². The summed E-state index contributed by atoms with van der Waals surface area (Å²) in [7, 11) is -2.38. The molecule has 1 atom stereocenters. The zero-order valence-electron chi connectivity index (χ0n) is 9.92. The topological polar surface area (TPSA) is 69.7 Å². The number of methoxy groups -OCH3 is 1. The Morgan fingerprint density at radius 3 is 2.33 bits per heavy atom. The van der Waals surface area contributed by atoms with Crippen LogP contribution in [-0.2, 0) is 23.8 Å². The molecule has 0 saturated carbocycles. The average molecular weight is 293 g/mol. The highest BCUT2D eigenvalue weighted by Gasteiger charge is 2.23. The molecule has 0 fully saturated rings. The Morgan fingerprint density at radius 1 is 1.33 bits per heavy atom. The Bertz CT molecular complexity index is 509. The van der Waals surface area contributed by atoms with E-state index >= 15 is 0 Å². The second kappa shape index (κ2) is 6.17. The fraction of sp³-hybridized carbons (Fsp3) is 0.364. The van der Waals surface area contributed by atoms with Crippen LogP contribution in [0, 0.1) is 0 Å². The third kappa shape index (κ3) is 4.64. The smallest absolute Gasteiger partial charge is 0.315 e. The van der Waals surface area contributed by atoms with Crippen LogP contribution < -0.4 is 0 Å². The van der Waals surface area contributed by atoms with Gasteiger partial charge in [0.2, 0.25) is 0 Å². The van der Waals surface area contributed by atoms with Crippen LogP contribution in [0.1, 0.15) is 11.5 Å². The SMILES string of the molecule is COC(=O)C(COS(C)(=O)=O)c1ccc(Cl)cc1. The molecule has 18 heavy (non-hydrogen) atoms. The fourth-order valence-corrected chi connectivity index (χ4v) is 1.84. The molecule has 1 unspecified atom stereocenters. The lowest BCUT2D eigenvalue weighted by molar-refractivity contribution is -0.143. The minimum Gasteiger partial charge on any atom is -0.468 e. The Labute approximate surface area is 111 Å². The predicted octanol–water partition coefficient (Wildman–Crippen LogP) is 1.57. The summed E-state index contributed by atoms with van der Waals surface area (Å²) in [6.45, 7) is -0.298. The van der Waals surface area contributed by atoms with Crippen LogP contribution in [0.4, 0.5) is 0 Å². The summed E-state index contributed by atoms with van der Waals surface area (Å²) in [5.41, 5.74) is 0.579. The quantitative estimate of drug-likeness (QED) is 0.608. The van der Waals surface area contributed by atoms with Crippen molar-refractivity contribution in [1.29, 1.82) is 0 Å². The summed E-state index contributed by atoms with van der Waals surface area (Å²) in [4.78, 5) is 11.6. The van der Waals surface area contributed by atoms with Crippen LogP contribution in [-0.4, -0.2) is 34.4 Å². The Hall–Kier alpha value is -1.11. The number of carbonyl (C=O) groups excluding carboxylic acids is 1. The number of rotatable bonds is 5. The van der Waals surface area contributed by atoms with Crippen molar-refractivity contribution in [3.8, 4) is 0 Å². The van der Waals surface area contributed by atoms with Gasteiger partial charge in [-0.25, -0.2) is 0 Å². The lowest BCUT2D eigenvalue weighted by atomic mass is 10.0. The van der Waals surface area contributed by atoms with Gasteiger partial charge in [0.15, 0.2) is 0 Å². The minimum atomic E-state index is -3.61. The number of ether oxygens (including phenoxy) is 1. The third-order valence-electron chi connectivity index (χ3n) is 2.21. The number of esters is 1. The normalized spacial score (nSPS) is 13.1. The molecule has 0 aliphatic carbocycles. The van der Waals surface area contributed by atoms with Crippen molar-refractivity contribution >= 4 is 27.7 Å². The van der Waals surface area contributed by atoms with Crippen molar-refractivity contribution in [1.82, 2.24) is 0 Å². The second-order valence-electron chi connectivity index (χ2n) is 3.62. The van der Waals surface area contributed by atoms with E-state index in [2.05, 4.69) is 8.92 Å². The van der Waals surface area contributed by atoms with Gasteiger partial charge in [-0.3, -0.25) is 8.98 Å². The number of carbonyl (C=O) groups is 1. The van der Waals surface area contributed by atoms with Gasteiger partial charge in [0.1, 0.15) is 5.92 Å². The molecule has 1 rings (SSSR count). The summed E-state index contributed by atoms with van der Waals surface area (Å²) in [6.07, 6.45) is 0.920. The van der Waals surface area contributed by atoms with E-state index in [-0.39, 0.29) is 6.61 Å². The zero-order valence-corrected chi connectivity index (χ0v) is 11.5. The molecule has 0 aromatic heterocycles. The molecule has 1 aromatic rings. The fourth-order valence-electron chi connectivity index (χ4n) is 1.33. The van der Waals surface area contributed by atoms with Crippen molar-refractivity contribution in [3.63, 3.8) is 0 Å². The minimum absolute atomic E-state index is 0.298. The third-order valence-corrected chi connectivity index (χ3v) is 3.02. The molecule has 0 saturated heterocycles. The maximum atomic E-state index is 11.6. The molecule has 0 aliphatic rings. The van der Waals surface area contributed by atoms with E-state index in [0.717, 1.165) is 6.26 Å². The number of halogens is 1. The van der Waals surface area contributed by atoms with E-state index in [4.69, 9.17) is 11.6 Å². The molecule has 100 valence electrons. The maximum Gasteiger partial charge on any atom is 0.315 e. The Balaban J connectivity index is 2.91. The molecule has 0 radical (unpaired) electrons. The number of hydrogen-bond acceptors (Lipinski definition) is 5. The molecule has 0 aliphatic heterocycles. The molecular formula is C11H13ClO5S. The number of benzene rings is 1. The van der Waals surface area contributed by atoms with Crippen LogP contribution in [0.3, 0.4) is 0 Å². The highest BCUT2D eigenvalue weighted by Crippen LogP contribution is 2.20. The monoisotopic (exact) mass is 292 g/mol. The van der Waals surface area contributed by atoms with Crippen LogP contribution in [0.5, 0.6) is 0 Å². The van der Waals surface area contributed by atoms with E-state index < -0.39 is 22.0 Å². The van der Waals surface area contributed by atoms with Crippen LogP contribution in [0.2, 0.25) is 5.02 Å². The van der Waals surface area contributed by atoms with E-state index in [1.54, 1.807) is 24.3 Å². The molecule has 0 amide bonds. The summed E-state index contributed by atoms with van der Waals surface area (Å²) in [6, 6.07) is 6.45. The van der Waals surface area contributed by atoms with E-state index in [9.17, 15) is 13.2 Å². The zero-order chi connectivity index (χ0) is 13.8. The highest BCUT2D eigenvalue weighted by atomic mass is 35.5. The van der Waals surface area contributed by atoms with Gasteiger partial charge in [0.05, 0.1) is 20.0 Å².